The van der Waals surface area contributed by atoms with Crippen LogP contribution < -0.4 is 5.56 Å². The van der Waals surface area contributed by atoms with E-state index in [4.69, 9.17) is 0 Å². The molecule has 0 saturated heterocycles. The van der Waals surface area contributed by atoms with Gasteiger partial charge in [0.2, 0.25) is 0 Å². The SMILES string of the molecule is Cc1nnc(SCc2cc(=O)n3c(C)csc3n2)n1C1CCCCC1. The summed E-state index contributed by atoms with van der Waals surface area (Å²) in [5, 5.41) is 11.5. The molecule has 8 heteroatoms. The molecule has 0 N–H and O–H groups in total. The molecule has 0 spiro atoms. The van der Waals surface area contributed by atoms with E-state index >= 15 is 0 Å². The molecule has 0 amide bonds. The third-order valence-electron chi connectivity index (χ3n) is 4.75. The summed E-state index contributed by atoms with van der Waals surface area (Å²) in [6, 6.07) is 2.14. The summed E-state index contributed by atoms with van der Waals surface area (Å²) < 4.78 is 3.94. The van der Waals surface area contributed by atoms with Crippen LogP contribution in [0, 0.1) is 13.8 Å². The van der Waals surface area contributed by atoms with Gasteiger partial charge in [-0.15, -0.1) is 21.5 Å². The lowest BCUT2D eigenvalue weighted by molar-refractivity contribution is 0.332. The van der Waals surface area contributed by atoms with Crippen LogP contribution in [0.5, 0.6) is 0 Å². The van der Waals surface area contributed by atoms with Crippen LogP contribution >= 0.6 is 23.1 Å². The minimum Gasteiger partial charge on any atom is -0.303 e. The first-order valence-electron chi connectivity index (χ1n) is 8.64. The van der Waals surface area contributed by atoms with E-state index in [1.807, 2.05) is 19.2 Å². The van der Waals surface area contributed by atoms with E-state index in [-0.39, 0.29) is 5.56 Å². The number of fused-ring (bicyclic) bond motifs is 1. The van der Waals surface area contributed by atoms with Gasteiger partial charge in [-0.2, -0.15) is 0 Å². The molecule has 25 heavy (non-hydrogen) atoms. The summed E-state index contributed by atoms with van der Waals surface area (Å²) in [5.74, 6) is 1.61. The Balaban J connectivity index is 1.57. The number of aryl methyl sites for hydroxylation is 2. The van der Waals surface area contributed by atoms with Crippen LogP contribution in [0.15, 0.2) is 21.4 Å². The highest BCUT2D eigenvalue weighted by molar-refractivity contribution is 7.98. The van der Waals surface area contributed by atoms with Crippen molar-refractivity contribution in [3.63, 3.8) is 0 Å². The van der Waals surface area contributed by atoms with E-state index in [0.717, 1.165) is 27.3 Å². The average molecular weight is 376 g/mol. The van der Waals surface area contributed by atoms with Gasteiger partial charge in [0, 0.05) is 28.9 Å². The summed E-state index contributed by atoms with van der Waals surface area (Å²) in [6.45, 7) is 3.95. The Morgan fingerprint density at radius 3 is 2.84 bits per heavy atom. The number of thiazole rings is 1. The quantitative estimate of drug-likeness (QED) is 0.650. The molecule has 3 aromatic heterocycles. The second-order valence-electron chi connectivity index (χ2n) is 6.56. The number of nitrogens with zero attached hydrogens (tertiary/aromatic N) is 5. The minimum atomic E-state index is -0.00993. The van der Waals surface area contributed by atoms with E-state index in [0.29, 0.717) is 11.8 Å². The lowest BCUT2D eigenvalue weighted by Gasteiger charge is -2.24. The fraction of sp³-hybridized carbons (Fsp3) is 0.529. The van der Waals surface area contributed by atoms with Crippen LogP contribution in [0.25, 0.3) is 4.96 Å². The zero-order valence-electron chi connectivity index (χ0n) is 14.4. The van der Waals surface area contributed by atoms with Gasteiger partial charge in [-0.25, -0.2) is 4.98 Å². The van der Waals surface area contributed by atoms with Crippen molar-refractivity contribution < 1.29 is 0 Å². The molecule has 0 bridgehead atoms. The molecule has 6 nitrogen and oxygen atoms in total. The second kappa shape index (κ2) is 6.92. The third kappa shape index (κ3) is 3.25. The molecular formula is C17H21N5OS2. The zero-order chi connectivity index (χ0) is 17.4. The van der Waals surface area contributed by atoms with Crippen LogP contribution in [0.1, 0.15) is 55.4 Å². The number of hydrogen-bond acceptors (Lipinski definition) is 6. The summed E-state index contributed by atoms with van der Waals surface area (Å²) >= 11 is 3.13. The van der Waals surface area contributed by atoms with Crippen LogP contribution in [-0.4, -0.2) is 24.1 Å². The van der Waals surface area contributed by atoms with Crippen LogP contribution in [0.4, 0.5) is 0 Å². The maximum atomic E-state index is 12.3. The smallest absolute Gasteiger partial charge is 0.258 e. The predicted octanol–water partition coefficient (Wildman–Crippen LogP) is 3.76. The first-order valence-corrected chi connectivity index (χ1v) is 10.5. The molecule has 0 unspecified atom stereocenters. The highest BCUT2D eigenvalue weighted by atomic mass is 32.2. The maximum absolute atomic E-state index is 12.3. The van der Waals surface area contributed by atoms with E-state index < -0.39 is 0 Å². The first-order chi connectivity index (χ1) is 12.1. The molecule has 1 saturated carbocycles. The Morgan fingerprint density at radius 1 is 1.24 bits per heavy atom. The van der Waals surface area contributed by atoms with Gasteiger partial charge in [0.1, 0.15) is 5.82 Å². The molecule has 1 fully saturated rings. The standard InChI is InChI=1S/C17H21N5OS2/c1-11-9-24-16-18-13(8-15(23)21(11)16)10-25-17-20-19-12(2)22(17)14-6-4-3-5-7-14/h8-9,14H,3-7,10H2,1-2H3. The molecule has 3 aromatic rings. The van der Waals surface area contributed by atoms with Gasteiger partial charge < -0.3 is 4.57 Å². The van der Waals surface area contributed by atoms with Gasteiger partial charge in [-0.1, -0.05) is 31.0 Å². The van der Waals surface area contributed by atoms with Crippen LogP contribution in [0.2, 0.25) is 0 Å². The van der Waals surface area contributed by atoms with Gasteiger partial charge in [-0.05, 0) is 26.7 Å². The van der Waals surface area contributed by atoms with Crippen molar-refractivity contribution in [1.82, 2.24) is 24.1 Å². The first kappa shape index (κ1) is 16.8. The van der Waals surface area contributed by atoms with E-state index in [1.165, 1.54) is 43.4 Å². The Bertz CT molecular complexity index is 952. The largest absolute Gasteiger partial charge is 0.303 e. The minimum absolute atomic E-state index is 0.00993. The van der Waals surface area contributed by atoms with Crippen molar-refractivity contribution in [2.75, 3.05) is 0 Å². The second-order valence-corrected chi connectivity index (χ2v) is 8.34. The van der Waals surface area contributed by atoms with Crippen molar-refractivity contribution >= 4 is 28.1 Å². The molecule has 132 valence electrons. The lowest BCUT2D eigenvalue weighted by atomic mass is 9.95. The highest BCUT2D eigenvalue weighted by Crippen LogP contribution is 2.33. The van der Waals surface area contributed by atoms with Crippen molar-refractivity contribution in [1.29, 1.82) is 0 Å². The van der Waals surface area contributed by atoms with Crippen LogP contribution in [-0.2, 0) is 5.75 Å². The Hall–Kier alpha value is -1.67. The lowest BCUT2D eigenvalue weighted by Crippen LogP contribution is -2.16. The number of thioether (sulfide) groups is 1. The maximum Gasteiger partial charge on any atom is 0.258 e. The summed E-state index contributed by atoms with van der Waals surface area (Å²) in [7, 11) is 0. The zero-order valence-corrected chi connectivity index (χ0v) is 16.1. The highest BCUT2D eigenvalue weighted by Gasteiger charge is 2.21. The van der Waals surface area contributed by atoms with Gasteiger partial charge in [0.15, 0.2) is 10.1 Å². The van der Waals surface area contributed by atoms with Crippen molar-refractivity contribution in [3.05, 3.63) is 39.0 Å². The Morgan fingerprint density at radius 2 is 2.04 bits per heavy atom. The van der Waals surface area contributed by atoms with Crippen molar-refractivity contribution in [3.8, 4) is 0 Å². The molecule has 0 atom stereocenters. The molecule has 4 rings (SSSR count). The molecule has 3 heterocycles. The molecule has 0 aromatic carbocycles. The fourth-order valence-corrected chi connectivity index (χ4v) is 5.36. The predicted molar refractivity (Wildman–Crippen MR) is 101 cm³/mol. The molecular weight excluding hydrogens is 354 g/mol. The summed E-state index contributed by atoms with van der Waals surface area (Å²) in [6.07, 6.45) is 6.28. The van der Waals surface area contributed by atoms with E-state index in [1.54, 1.807) is 22.2 Å². The molecule has 1 aliphatic carbocycles. The molecule has 1 aliphatic rings. The van der Waals surface area contributed by atoms with Crippen LogP contribution in [0.3, 0.4) is 0 Å². The average Bonchev–Trinajstić information content (AvgIpc) is 3.17. The topological polar surface area (TPSA) is 65.1 Å². The monoisotopic (exact) mass is 375 g/mol. The summed E-state index contributed by atoms with van der Waals surface area (Å²) in [5.41, 5.74) is 1.72. The summed E-state index contributed by atoms with van der Waals surface area (Å²) in [4.78, 5) is 17.7. The Labute approximate surface area is 154 Å². The van der Waals surface area contributed by atoms with Gasteiger partial charge in [0.25, 0.3) is 5.56 Å². The van der Waals surface area contributed by atoms with Crippen molar-refractivity contribution in [2.45, 2.75) is 62.9 Å². The van der Waals surface area contributed by atoms with E-state index in [2.05, 4.69) is 19.7 Å². The molecule has 0 radical (unpaired) electrons. The van der Waals surface area contributed by atoms with Gasteiger partial charge in [-0.3, -0.25) is 9.20 Å². The number of aromatic nitrogens is 5. The molecule has 0 aliphatic heterocycles. The normalized spacial score (nSPS) is 15.9. The van der Waals surface area contributed by atoms with Crippen molar-refractivity contribution in [2.24, 2.45) is 0 Å². The third-order valence-corrected chi connectivity index (χ3v) is 6.67. The Kier molecular flexibility index (Phi) is 4.64. The van der Waals surface area contributed by atoms with Gasteiger partial charge in [0.05, 0.1) is 5.69 Å². The van der Waals surface area contributed by atoms with Gasteiger partial charge >= 0.3 is 0 Å². The number of rotatable bonds is 4. The van der Waals surface area contributed by atoms with E-state index in [9.17, 15) is 4.79 Å². The number of hydrogen-bond donors (Lipinski definition) is 0. The fourth-order valence-electron chi connectivity index (χ4n) is 3.52.